The molecule has 0 unspecified atom stereocenters. The van der Waals surface area contributed by atoms with Crippen LogP contribution < -0.4 is 4.90 Å². The van der Waals surface area contributed by atoms with Gasteiger partial charge in [0.1, 0.15) is 5.82 Å². The zero-order valence-electron chi connectivity index (χ0n) is 9.38. The Hall–Kier alpha value is -0.900. The molecule has 5 heteroatoms. The van der Waals surface area contributed by atoms with Crippen LogP contribution in [0.25, 0.3) is 0 Å². The van der Waals surface area contributed by atoms with Gasteiger partial charge in [-0.25, -0.2) is 13.8 Å². The molecule has 0 aliphatic carbocycles. The van der Waals surface area contributed by atoms with E-state index < -0.39 is 11.6 Å². The Kier molecular flexibility index (Phi) is 4.93. The summed E-state index contributed by atoms with van der Waals surface area (Å²) in [6, 6.07) is 0.939. The minimum Gasteiger partial charge on any atom is -0.352 e. The van der Waals surface area contributed by atoms with E-state index in [0.29, 0.717) is 12.4 Å². The van der Waals surface area contributed by atoms with Crippen LogP contribution in [0.3, 0.4) is 0 Å². The lowest BCUT2D eigenvalue weighted by Gasteiger charge is -2.27. The summed E-state index contributed by atoms with van der Waals surface area (Å²) in [6.07, 6.45) is 1.76. The van der Waals surface area contributed by atoms with Gasteiger partial charge in [0.2, 0.25) is 0 Å². The molecule has 0 saturated carbocycles. The molecule has 0 saturated heterocycles. The van der Waals surface area contributed by atoms with Crippen LogP contribution in [0.15, 0.2) is 12.3 Å². The smallest absolute Gasteiger partial charge is 0.168 e. The van der Waals surface area contributed by atoms with Crippen molar-refractivity contribution in [2.24, 2.45) is 0 Å². The highest BCUT2D eigenvalue weighted by atomic mass is 35.5. The predicted molar refractivity (Wildman–Crippen MR) is 62.0 cm³/mol. The number of rotatable bonds is 5. The fourth-order valence-corrected chi connectivity index (χ4v) is 1.58. The Labute approximate surface area is 99.2 Å². The zero-order valence-corrected chi connectivity index (χ0v) is 10.1. The van der Waals surface area contributed by atoms with Crippen LogP contribution in [-0.4, -0.2) is 23.5 Å². The number of aromatic nitrogens is 1. The van der Waals surface area contributed by atoms with Gasteiger partial charge in [0.15, 0.2) is 11.6 Å². The largest absolute Gasteiger partial charge is 0.352 e. The second-order valence-corrected chi connectivity index (χ2v) is 4.17. The molecule has 16 heavy (non-hydrogen) atoms. The lowest BCUT2D eigenvalue weighted by atomic mass is 10.2. The first-order valence-electron chi connectivity index (χ1n) is 5.20. The molecule has 1 aromatic heterocycles. The number of anilines is 1. The molecule has 0 fully saturated rings. The predicted octanol–water partition coefficient (Wildman–Crippen LogP) is 3.20. The number of pyridine rings is 1. The Bertz CT molecular complexity index is 345. The summed E-state index contributed by atoms with van der Waals surface area (Å²) in [5, 5.41) is 0. The average molecular weight is 249 g/mol. The van der Waals surface area contributed by atoms with Crippen LogP contribution in [0, 0.1) is 11.6 Å². The van der Waals surface area contributed by atoms with Crippen LogP contribution >= 0.6 is 11.6 Å². The molecule has 0 aliphatic heterocycles. The summed E-state index contributed by atoms with van der Waals surface area (Å²) in [6.45, 7) is 4.47. The Morgan fingerprint density at radius 1 is 1.44 bits per heavy atom. The monoisotopic (exact) mass is 248 g/mol. The molecule has 0 spiro atoms. The third-order valence-corrected chi connectivity index (χ3v) is 2.48. The van der Waals surface area contributed by atoms with Crippen LogP contribution in [0.2, 0.25) is 0 Å². The molecule has 0 radical (unpaired) electrons. The fourth-order valence-electron chi connectivity index (χ4n) is 1.46. The summed E-state index contributed by atoms with van der Waals surface area (Å²) in [5.41, 5.74) is 0. The van der Waals surface area contributed by atoms with Crippen LogP contribution in [0.4, 0.5) is 14.6 Å². The van der Waals surface area contributed by atoms with Crippen LogP contribution in [0.5, 0.6) is 0 Å². The van der Waals surface area contributed by atoms with Gasteiger partial charge in [0.05, 0.1) is 6.20 Å². The highest BCUT2D eigenvalue weighted by Gasteiger charge is 2.16. The molecule has 0 aliphatic rings. The van der Waals surface area contributed by atoms with Crippen LogP contribution in [0.1, 0.15) is 20.3 Å². The normalized spacial score (nSPS) is 10.9. The van der Waals surface area contributed by atoms with Crippen molar-refractivity contribution in [2.75, 3.05) is 17.3 Å². The molecule has 1 rings (SSSR count). The van der Waals surface area contributed by atoms with Crippen molar-refractivity contribution in [3.63, 3.8) is 0 Å². The van der Waals surface area contributed by atoms with Crippen molar-refractivity contribution in [3.05, 3.63) is 23.9 Å². The molecule has 0 bridgehead atoms. The van der Waals surface area contributed by atoms with E-state index in [0.717, 1.165) is 18.7 Å². The highest BCUT2D eigenvalue weighted by Crippen LogP contribution is 2.19. The maximum absolute atomic E-state index is 13.5. The first-order valence-corrected chi connectivity index (χ1v) is 5.73. The summed E-state index contributed by atoms with van der Waals surface area (Å²) in [7, 11) is 0. The first kappa shape index (κ1) is 13.2. The topological polar surface area (TPSA) is 16.1 Å². The van der Waals surface area contributed by atoms with E-state index >= 15 is 0 Å². The summed E-state index contributed by atoms with van der Waals surface area (Å²) < 4.78 is 26.2. The maximum Gasteiger partial charge on any atom is 0.168 e. The highest BCUT2D eigenvalue weighted by molar-refractivity contribution is 6.17. The summed E-state index contributed by atoms with van der Waals surface area (Å²) in [5.74, 6) is -0.612. The first-order chi connectivity index (χ1) is 7.56. The Balaban J connectivity index is 2.92. The zero-order chi connectivity index (χ0) is 12.1. The molecule has 1 heterocycles. The van der Waals surface area contributed by atoms with E-state index in [4.69, 9.17) is 11.6 Å². The molecule has 90 valence electrons. The van der Waals surface area contributed by atoms with Gasteiger partial charge in [-0.05, 0) is 20.3 Å². The van der Waals surface area contributed by atoms with Gasteiger partial charge in [-0.2, -0.15) is 0 Å². The summed E-state index contributed by atoms with van der Waals surface area (Å²) >= 11 is 5.60. The second-order valence-electron chi connectivity index (χ2n) is 3.79. The SMILES string of the molecule is CC(C)N(CCCCl)c1ncc(F)cc1F. The number of hydrogen-bond acceptors (Lipinski definition) is 2. The number of hydrogen-bond donors (Lipinski definition) is 0. The fraction of sp³-hybridized carbons (Fsp3) is 0.545. The number of nitrogens with zero attached hydrogens (tertiary/aromatic N) is 2. The molecular formula is C11H15ClF2N2. The van der Waals surface area contributed by atoms with Crippen molar-refractivity contribution < 1.29 is 8.78 Å². The van der Waals surface area contributed by atoms with Crippen molar-refractivity contribution >= 4 is 17.4 Å². The molecule has 0 aromatic carbocycles. The van der Waals surface area contributed by atoms with Crippen LogP contribution in [-0.2, 0) is 0 Å². The van der Waals surface area contributed by atoms with Gasteiger partial charge in [-0.3, -0.25) is 0 Å². The van der Waals surface area contributed by atoms with Gasteiger partial charge < -0.3 is 4.90 Å². The quantitative estimate of drug-likeness (QED) is 0.744. The maximum atomic E-state index is 13.5. The lowest BCUT2D eigenvalue weighted by molar-refractivity contribution is 0.556. The van der Waals surface area contributed by atoms with Gasteiger partial charge in [-0.15, -0.1) is 11.6 Å². The van der Waals surface area contributed by atoms with Crippen molar-refractivity contribution in [1.29, 1.82) is 0 Å². The van der Waals surface area contributed by atoms with Gasteiger partial charge in [-0.1, -0.05) is 0 Å². The minimum absolute atomic E-state index is 0.0932. The van der Waals surface area contributed by atoms with Gasteiger partial charge in [0.25, 0.3) is 0 Å². The van der Waals surface area contributed by atoms with Gasteiger partial charge >= 0.3 is 0 Å². The molecule has 1 aromatic rings. The minimum atomic E-state index is -0.665. The van der Waals surface area contributed by atoms with E-state index in [-0.39, 0.29) is 11.9 Å². The Morgan fingerprint density at radius 3 is 2.62 bits per heavy atom. The van der Waals surface area contributed by atoms with E-state index in [9.17, 15) is 8.78 Å². The van der Waals surface area contributed by atoms with E-state index in [1.54, 1.807) is 4.90 Å². The number of halogens is 3. The average Bonchev–Trinajstić information content (AvgIpc) is 2.20. The molecule has 0 N–H and O–H groups in total. The lowest BCUT2D eigenvalue weighted by Crippen LogP contribution is -2.33. The third-order valence-electron chi connectivity index (χ3n) is 2.22. The molecule has 0 atom stereocenters. The van der Waals surface area contributed by atoms with E-state index in [1.807, 2.05) is 13.8 Å². The third kappa shape index (κ3) is 3.30. The Morgan fingerprint density at radius 2 is 2.12 bits per heavy atom. The van der Waals surface area contributed by atoms with Crippen molar-refractivity contribution in [2.45, 2.75) is 26.3 Å². The van der Waals surface area contributed by atoms with Gasteiger partial charge in [0, 0.05) is 24.5 Å². The number of alkyl halides is 1. The second kappa shape index (κ2) is 5.99. The molecule has 2 nitrogen and oxygen atoms in total. The van der Waals surface area contributed by atoms with Crippen molar-refractivity contribution in [3.8, 4) is 0 Å². The standard InChI is InChI=1S/C11H15ClF2N2/c1-8(2)16(5-3-4-12)11-10(14)6-9(13)7-15-11/h6-8H,3-5H2,1-2H3. The van der Waals surface area contributed by atoms with E-state index in [1.165, 1.54) is 0 Å². The van der Waals surface area contributed by atoms with E-state index in [2.05, 4.69) is 4.98 Å². The summed E-state index contributed by atoms with van der Waals surface area (Å²) in [4.78, 5) is 5.56. The van der Waals surface area contributed by atoms with Crippen molar-refractivity contribution in [1.82, 2.24) is 4.98 Å². The molecule has 0 amide bonds. The molecular weight excluding hydrogens is 234 g/mol.